The van der Waals surface area contributed by atoms with Crippen LogP contribution in [0.5, 0.6) is 0 Å². The molecule has 1 heterocycles. The lowest BCUT2D eigenvalue weighted by Gasteiger charge is -2.27. The summed E-state index contributed by atoms with van der Waals surface area (Å²) in [6.07, 6.45) is 5.46. The van der Waals surface area contributed by atoms with Crippen LogP contribution in [-0.2, 0) is 9.53 Å². The monoisotopic (exact) mass is 225 g/mol. The van der Waals surface area contributed by atoms with Crippen molar-refractivity contribution in [1.82, 2.24) is 4.90 Å². The van der Waals surface area contributed by atoms with Gasteiger partial charge in [0.15, 0.2) is 0 Å². The highest BCUT2D eigenvalue weighted by atomic mass is 16.6. The summed E-state index contributed by atoms with van der Waals surface area (Å²) in [6, 6.07) is 0.0000463. The molecule has 0 aromatic carbocycles. The van der Waals surface area contributed by atoms with Crippen molar-refractivity contribution in [3.8, 4) is 0 Å². The van der Waals surface area contributed by atoms with E-state index in [9.17, 15) is 9.59 Å². The molecule has 0 aliphatic carbocycles. The van der Waals surface area contributed by atoms with E-state index < -0.39 is 5.60 Å². The molecular weight excluding hydrogens is 206 g/mol. The first-order chi connectivity index (χ1) is 7.44. The van der Waals surface area contributed by atoms with Gasteiger partial charge in [0.05, 0.1) is 6.04 Å². The number of rotatable bonds is 2. The van der Waals surface area contributed by atoms with Gasteiger partial charge in [0.25, 0.3) is 0 Å². The fourth-order valence-electron chi connectivity index (χ4n) is 1.71. The van der Waals surface area contributed by atoms with Crippen molar-refractivity contribution in [2.45, 2.75) is 45.3 Å². The molecule has 1 aliphatic heterocycles. The number of hydrogen-bond acceptors (Lipinski definition) is 3. The van der Waals surface area contributed by atoms with Gasteiger partial charge in [-0.05, 0) is 39.7 Å². The second-order valence-electron chi connectivity index (χ2n) is 4.90. The maximum absolute atomic E-state index is 11.8. The van der Waals surface area contributed by atoms with Crippen molar-refractivity contribution in [2.24, 2.45) is 0 Å². The lowest BCUT2D eigenvalue weighted by Crippen LogP contribution is -2.39. The number of carbonyl (C=O) groups excluding carboxylic acids is 2. The van der Waals surface area contributed by atoms with Crippen LogP contribution in [0.3, 0.4) is 0 Å². The van der Waals surface area contributed by atoms with E-state index in [2.05, 4.69) is 0 Å². The van der Waals surface area contributed by atoms with E-state index in [0.717, 1.165) is 19.1 Å². The summed E-state index contributed by atoms with van der Waals surface area (Å²) in [6.45, 7) is 6.23. The number of allylic oxidation sites excluding steroid dienone is 1. The molecule has 0 unspecified atom stereocenters. The van der Waals surface area contributed by atoms with Crippen molar-refractivity contribution in [3.05, 3.63) is 12.2 Å². The van der Waals surface area contributed by atoms with Crippen LogP contribution in [0.1, 0.15) is 33.6 Å². The Bertz CT molecular complexity index is 291. The van der Waals surface area contributed by atoms with Crippen molar-refractivity contribution in [3.63, 3.8) is 0 Å². The number of amides is 1. The first kappa shape index (κ1) is 12.7. The molecule has 0 aromatic rings. The molecule has 0 N–H and O–H groups in total. The largest absolute Gasteiger partial charge is 0.444 e. The Hall–Kier alpha value is -1.32. The maximum atomic E-state index is 11.8. The molecule has 1 atom stereocenters. The minimum Gasteiger partial charge on any atom is -0.444 e. The van der Waals surface area contributed by atoms with Crippen LogP contribution in [0.2, 0.25) is 0 Å². The van der Waals surface area contributed by atoms with E-state index in [0.29, 0.717) is 6.54 Å². The molecule has 1 amide bonds. The Labute approximate surface area is 96.3 Å². The van der Waals surface area contributed by atoms with E-state index in [4.69, 9.17) is 4.74 Å². The molecule has 0 spiro atoms. The van der Waals surface area contributed by atoms with Crippen molar-refractivity contribution in [2.75, 3.05) is 6.54 Å². The van der Waals surface area contributed by atoms with Gasteiger partial charge in [0, 0.05) is 6.54 Å². The summed E-state index contributed by atoms with van der Waals surface area (Å²) < 4.78 is 5.30. The van der Waals surface area contributed by atoms with Crippen molar-refractivity contribution >= 4 is 12.4 Å². The summed E-state index contributed by atoms with van der Waals surface area (Å²) in [4.78, 5) is 23.7. The number of aldehydes is 1. The third-order valence-corrected chi connectivity index (χ3v) is 2.34. The molecule has 4 heteroatoms. The summed E-state index contributed by atoms with van der Waals surface area (Å²) in [7, 11) is 0. The summed E-state index contributed by atoms with van der Waals surface area (Å²) in [5.41, 5.74) is -0.474. The van der Waals surface area contributed by atoms with Crippen LogP contribution < -0.4 is 0 Å². The fourth-order valence-corrected chi connectivity index (χ4v) is 1.71. The van der Waals surface area contributed by atoms with Gasteiger partial charge in [-0.15, -0.1) is 0 Å². The average molecular weight is 225 g/mol. The van der Waals surface area contributed by atoms with Gasteiger partial charge in [-0.2, -0.15) is 0 Å². The standard InChI is InChI=1S/C12H19NO3/c1-12(2,3)16-11(15)13-8-4-6-10(13)7-5-9-14/h5,7,9-10H,4,6,8H2,1-3H3/b7-5+/t10-/m1/s1. The minimum absolute atomic E-state index is 0.0000463. The van der Waals surface area contributed by atoms with Gasteiger partial charge in [0.2, 0.25) is 0 Å². The highest BCUT2D eigenvalue weighted by Gasteiger charge is 2.30. The zero-order chi connectivity index (χ0) is 12.2. The molecule has 1 fully saturated rings. The SMILES string of the molecule is CC(C)(C)OC(=O)N1CCC[C@@H]1/C=C/C=O. The minimum atomic E-state index is -0.474. The molecule has 0 radical (unpaired) electrons. The predicted octanol–water partition coefficient (Wildman–Crippen LogP) is 2.14. The molecule has 0 bridgehead atoms. The zero-order valence-electron chi connectivity index (χ0n) is 10.1. The topological polar surface area (TPSA) is 46.6 Å². The Balaban J connectivity index is 2.61. The molecule has 0 aromatic heterocycles. The molecule has 0 saturated carbocycles. The molecule has 1 aliphatic rings. The van der Waals surface area contributed by atoms with E-state index in [-0.39, 0.29) is 12.1 Å². The van der Waals surface area contributed by atoms with Gasteiger partial charge in [-0.25, -0.2) is 4.79 Å². The molecule has 1 rings (SSSR count). The quantitative estimate of drug-likeness (QED) is 0.534. The van der Waals surface area contributed by atoms with Gasteiger partial charge >= 0.3 is 6.09 Å². The first-order valence-electron chi connectivity index (χ1n) is 5.55. The van der Waals surface area contributed by atoms with Crippen LogP contribution in [0.4, 0.5) is 4.79 Å². The number of carbonyl (C=O) groups is 2. The van der Waals surface area contributed by atoms with Crippen molar-refractivity contribution < 1.29 is 14.3 Å². The molecule has 1 saturated heterocycles. The summed E-state index contributed by atoms with van der Waals surface area (Å²) >= 11 is 0. The third-order valence-electron chi connectivity index (χ3n) is 2.34. The molecular formula is C12H19NO3. The van der Waals surface area contributed by atoms with Gasteiger partial charge in [-0.3, -0.25) is 4.79 Å². The average Bonchev–Trinajstić information content (AvgIpc) is 2.59. The van der Waals surface area contributed by atoms with Crippen molar-refractivity contribution in [1.29, 1.82) is 0 Å². The van der Waals surface area contributed by atoms with E-state index >= 15 is 0 Å². The summed E-state index contributed by atoms with van der Waals surface area (Å²) in [5.74, 6) is 0. The summed E-state index contributed by atoms with van der Waals surface area (Å²) in [5, 5.41) is 0. The maximum Gasteiger partial charge on any atom is 0.410 e. The first-order valence-corrected chi connectivity index (χ1v) is 5.55. The third kappa shape index (κ3) is 3.68. The van der Waals surface area contributed by atoms with E-state index in [1.807, 2.05) is 20.8 Å². The van der Waals surface area contributed by atoms with Gasteiger partial charge < -0.3 is 9.64 Å². The molecule has 90 valence electrons. The highest BCUT2D eigenvalue weighted by Crippen LogP contribution is 2.21. The normalized spacial score (nSPS) is 21.4. The lowest BCUT2D eigenvalue weighted by atomic mass is 10.2. The van der Waals surface area contributed by atoms with Crippen LogP contribution in [0.25, 0.3) is 0 Å². The number of ether oxygens (including phenoxy) is 1. The number of likely N-dealkylation sites (tertiary alicyclic amines) is 1. The Morgan fingerprint density at radius 2 is 2.12 bits per heavy atom. The van der Waals surface area contributed by atoms with Crippen LogP contribution in [0, 0.1) is 0 Å². The van der Waals surface area contributed by atoms with E-state index in [1.165, 1.54) is 6.08 Å². The number of hydrogen-bond donors (Lipinski definition) is 0. The predicted molar refractivity (Wildman–Crippen MR) is 61.2 cm³/mol. The Morgan fingerprint density at radius 3 is 2.69 bits per heavy atom. The van der Waals surface area contributed by atoms with Gasteiger partial charge in [-0.1, -0.05) is 6.08 Å². The lowest BCUT2D eigenvalue weighted by molar-refractivity contribution is -0.104. The second kappa shape index (κ2) is 5.14. The second-order valence-corrected chi connectivity index (χ2v) is 4.90. The zero-order valence-corrected chi connectivity index (χ0v) is 10.1. The molecule has 16 heavy (non-hydrogen) atoms. The fraction of sp³-hybridized carbons (Fsp3) is 0.667. The Kier molecular flexibility index (Phi) is 4.10. The van der Waals surface area contributed by atoms with Crippen LogP contribution in [0.15, 0.2) is 12.2 Å². The smallest absolute Gasteiger partial charge is 0.410 e. The van der Waals surface area contributed by atoms with Crippen LogP contribution >= 0.6 is 0 Å². The van der Waals surface area contributed by atoms with E-state index in [1.54, 1.807) is 11.0 Å². The highest BCUT2D eigenvalue weighted by molar-refractivity contribution is 5.70. The Morgan fingerprint density at radius 1 is 1.44 bits per heavy atom. The number of nitrogens with zero attached hydrogens (tertiary/aromatic N) is 1. The van der Waals surface area contributed by atoms with Crippen LogP contribution in [-0.4, -0.2) is 35.5 Å². The molecule has 4 nitrogen and oxygen atoms in total. The van der Waals surface area contributed by atoms with Gasteiger partial charge in [0.1, 0.15) is 11.9 Å².